The topological polar surface area (TPSA) is 60.0 Å². The Labute approximate surface area is 175 Å². The van der Waals surface area contributed by atoms with Crippen LogP contribution in [0.5, 0.6) is 5.75 Å². The van der Waals surface area contributed by atoms with E-state index in [1.807, 2.05) is 24.3 Å². The van der Waals surface area contributed by atoms with Crippen molar-refractivity contribution < 1.29 is 19.0 Å². The molecule has 1 aliphatic rings. The molecule has 0 atom stereocenters. The minimum atomic E-state index is -0.399. The summed E-state index contributed by atoms with van der Waals surface area (Å²) in [5, 5.41) is 2.75. The quantitative estimate of drug-likeness (QED) is 0.501. The lowest BCUT2D eigenvalue weighted by Gasteiger charge is -2.26. The van der Waals surface area contributed by atoms with Crippen molar-refractivity contribution in [3.63, 3.8) is 0 Å². The van der Waals surface area contributed by atoms with Crippen LogP contribution in [-0.2, 0) is 9.47 Å². The number of ether oxygens (including phenoxy) is 3. The van der Waals surface area contributed by atoms with E-state index in [2.05, 4.69) is 17.1 Å². The number of morpholine rings is 1. The molecule has 0 bridgehead atoms. The average molecular weight is 415 g/mol. The van der Waals surface area contributed by atoms with E-state index in [4.69, 9.17) is 14.2 Å². The molecule has 7 heteroatoms. The van der Waals surface area contributed by atoms with Crippen molar-refractivity contribution in [1.82, 2.24) is 4.90 Å². The Hall–Kier alpha value is -1.50. The number of hydrogen-bond donors (Lipinski definition) is 1. The Kier molecular flexibility index (Phi) is 13.5. The van der Waals surface area contributed by atoms with E-state index < -0.39 is 6.09 Å². The molecule has 6 nitrogen and oxygen atoms in total. The van der Waals surface area contributed by atoms with E-state index >= 15 is 0 Å². The molecule has 1 saturated heterocycles. The number of unbranched alkanes of at least 4 members (excludes halogenated alkanes) is 5. The molecular formula is C21H35ClN2O4. The molecule has 0 unspecified atom stereocenters. The van der Waals surface area contributed by atoms with Crippen LogP contribution in [0.4, 0.5) is 10.5 Å². The van der Waals surface area contributed by atoms with Crippen LogP contribution in [0.15, 0.2) is 24.3 Å². The fourth-order valence-electron chi connectivity index (χ4n) is 2.95. The lowest BCUT2D eigenvalue weighted by atomic mass is 10.1. The van der Waals surface area contributed by atoms with Gasteiger partial charge in [-0.05, 0) is 30.7 Å². The van der Waals surface area contributed by atoms with Crippen LogP contribution in [0, 0.1) is 0 Å². The summed E-state index contributed by atoms with van der Waals surface area (Å²) in [5.74, 6) is 0.800. The van der Waals surface area contributed by atoms with Gasteiger partial charge in [-0.1, -0.05) is 39.0 Å². The summed E-state index contributed by atoms with van der Waals surface area (Å²) >= 11 is 0. The van der Waals surface area contributed by atoms with Gasteiger partial charge in [-0.3, -0.25) is 10.2 Å². The molecule has 1 amide bonds. The van der Waals surface area contributed by atoms with Crippen LogP contribution in [0.1, 0.15) is 45.4 Å². The zero-order valence-electron chi connectivity index (χ0n) is 17.0. The largest absolute Gasteiger partial charge is 0.492 e. The summed E-state index contributed by atoms with van der Waals surface area (Å²) in [7, 11) is 0. The third-order valence-electron chi connectivity index (χ3n) is 4.61. The zero-order chi connectivity index (χ0) is 19.2. The monoisotopic (exact) mass is 414 g/mol. The predicted octanol–water partition coefficient (Wildman–Crippen LogP) is 4.73. The highest BCUT2D eigenvalue weighted by Gasteiger charge is 2.09. The number of nitrogens with one attached hydrogen (secondary N) is 1. The number of benzene rings is 1. The first-order valence-electron chi connectivity index (χ1n) is 10.2. The minimum absolute atomic E-state index is 0. The fraction of sp³-hybridized carbons (Fsp3) is 0.667. The Morgan fingerprint density at radius 3 is 2.43 bits per heavy atom. The summed E-state index contributed by atoms with van der Waals surface area (Å²) in [6.07, 6.45) is 6.65. The summed E-state index contributed by atoms with van der Waals surface area (Å²) in [6.45, 7) is 7.75. The molecular weight excluding hydrogens is 380 g/mol. The van der Waals surface area contributed by atoms with Crippen LogP contribution < -0.4 is 10.1 Å². The first kappa shape index (κ1) is 24.5. The Bertz CT molecular complexity index is 522. The number of rotatable bonds is 12. The molecule has 1 fully saturated rings. The first-order chi connectivity index (χ1) is 13.3. The van der Waals surface area contributed by atoms with E-state index in [0.29, 0.717) is 18.9 Å². The Morgan fingerprint density at radius 2 is 1.71 bits per heavy atom. The van der Waals surface area contributed by atoms with Crippen LogP contribution >= 0.6 is 12.4 Å². The normalized spacial score (nSPS) is 14.2. The second kappa shape index (κ2) is 15.4. The van der Waals surface area contributed by atoms with Crippen LogP contribution in [-0.4, -0.2) is 57.1 Å². The third-order valence-corrected chi connectivity index (χ3v) is 4.61. The molecule has 28 heavy (non-hydrogen) atoms. The highest BCUT2D eigenvalue weighted by Crippen LogP contribution is 2.16. The molecule has 1 heterocycles. The number of anilines is 1. The number of hydrogen-bond acceptors (Lipinski definition) is 5. The van der Waals surface area contributed by atoms with Gasteiger partial charge in [-0.25, -0.2) is 4.79 Å². The fourth-order valence-corrected chi connectivity index (χ4v) is 2.95. The summed E-state index contributed by atoms with van der Waals surface area (Å²) < 4.78 is 16.3. The van der Waals surface area contributed by atoms with Gasteiger partial charge in [0.2, 0.25) is 0 Å². The Balaban J connectivity index is 0.00000392. The van der Waals surface area contributed by atoms with Crippen LogP contribution in [0.2, 0.25) is 0 Å². The predicted molar refractivity (Wildman–Crippen MR) is 115 cm³/mol. The molecule has 0 spiro atoms. The van der Waals surface area contributed by atoms with Gasteiger partial charge in [-0.15, -0.1) is 12.4 Å². The van der Waals surface area contributed by atoms with Gasteiger partial charge in [0.25, 0.3) is 0 Å². The SMILES string of the molecule is CCCCCCCCOC(=O)Nc1ccc(OCCN2CCOCC2)cc1.Cl. The van der Waals surface area contributed by atoms with Crippen molar-refractivity contribution in [2.45, 2.75) is 45.4 Å². The van der Waals surface area contributed by atoms with Crippen molar-refractivity contribution in [1.29, 1.82) is 0 Å². The molecule has 0 radical (unpaired) electrons. The van der Waals surface area contributed by atoms with Crippen molar-refractivity contribution in [3.8, 4) is 5.75 Å². The maximum absolute atomic E-state index is 11.8. The third kappa shape index (κ3) is 10.7. The van der Waals surface area contributed by atoms with Gasteiger partial charge in [0.15, 0.2) is 0 Å². The zero-order valence-corrected chi connectivity index (χ0v) is 17.8. The lowest BCUT2D eigenvalue weighted by molar-refractivity contribution is 0.0322. The number of nitrogens with zero attached hydrogens (tertiary/aromatic N) is 1. The molecule has 160 valence electrons. The highest BCUT2D eigenvalue weighted by atomic mass is 35.5. The maximum Gasteiger partial charge on any atom is 0.411 e. The van der Waals surface area contributed by atoms with Crippen LogP contribution in [0.25, 0.3) is 0 Å². The highest BCUT2D eigenvalue weighted by molar-refractivity contribution is 5.85. The van der Waals surface area contributed by atoms with Gasteiger partial charge in [-0.2, -0.15) is 0 Å². The maximum atomic E-state index is 11.8. The second-order valence-corrected chi connectivity index (χ2v) is 6.86. The smallest absolute Gasteiger partial charge is 0.411 e. The van der Waals surface area contributed by atoms with Gasteiger partial charge in [0, 0.05) is 25.3 Å². The van der Waals surface area contributed by atoms with E-state index in [1.165, 1.54) is 25.7 Å². The number of halogens is 1. The van der Waals surface area contributed by atoms with E-state index in [9.17, 15) is 4.79 Å². The van der Waals surface area contributed by atoms with Crippen molar-refractivity contribution in [2.75, 3.05) is 51.4 Å². The average Bonchev–Trinajstić information content (AvgIpc) is 2.69. The Morgan fingerprint density at radius 1 is 1.04 bits per heavy atom. The summed E-state index contributed by atoms with van der Waals surface area (Å²) in [4.78, 5) is 14.1. The molecule has 2 rings (SSSR count). The molecule has 1 N–H and O–H groups in total. The van der Waals surface area contributed by atoms with Gasteiger partial charge >= 0.3 is 6.09 Å². The summed E-state index contributed by atoms with van der Waals surface area (Å²) in [6, 6.07) is 7.39. The molecule has 0 saturated carbocycles. The van der Waals surface area contributed by atoms with E-state index in [1.54, 1.807) is 0 Å². The molecule has 1 aliphatic heterocycles. The lowest BCUT2D eigenvalue weighted by Crippen LogP contribution is -2.38. The van der Waals surface area contributed by atoms with Crippen molar-refractivity contribution in [3.05, 3.63) is 24.3 Å². The number of carbonyl (C=O) groups is 1. The summed E-state index contributed by atoms with van der Waals surface area (Å²) in [5.41, 5.74) is 0.712. The first-order valence-corrected chi connectivity index (χ1v) is 10.2. The second-order valence-electron chi connectivity index (χ2n) is 6.86. The standard InChI is InChI=1S/C21H34N2O4.ClH/c1-2-3-4-5-6-7-15-27-21(24)22-19-8-10-20(11-9-19)26-18-14-23-12-16-25-17-13-23;/h8-11H,2-7,12-18H2,1H3,(H,22,24);1H. The number of carbonyl (C=O) groups excluding carboxylic acids is 1. The van der Waals surface area contributed by atoms with E-state index in [-0.39, 0.29) is 12.4 Å². The molecule has 1 aromatic rings. The number of amides is 1. The van der Waals surface area contributed by atoms with Crippen molar-refractivity contribution >= 4 is 24.2 Å². The molecule has 0 aliphatic carbocycles. The van der Waals surface area contributed by atoms with Crippen LogP contribution in [0.3, 0.4) is 0 Å². The van der Waals surface area contributed by atoms with Crippen molar-refractivity contribution in [2.24, 2.45) is 0 Å². The molecule has 1 aromatic carbocycles. The van der Waals surface area contributed by atoms with Gasteiger partial charge < -0.3 is 14.2 Å². The van der Waals surface area contributed by atoms with Gasteiger partial charge in [0.05, 0.1) is 19.8 Å². The van der Waals surface area contributed by atoms with Gasteiger partial charge in [0.1, 0.15) is 12.4 Å². The minimum Gasteiger partial charge on any atom is -0.492 e. The molecule has 0 aromatic heterocycles. The van der Waals surface area contributed by atoms with E-state index in [0.717, 1.165) is 51.4 Å².